The topological polar surface area (TPSA) is 118 Å². The lowest BCUT2D eigenvalue weighted by atomic mass is 9.78. The van der Waals surface area contributed by atoms with Gasteiger partial charge in [-0.25, -0.2) is 0 Å². The van der Waals surface area contributed by atoms with Gasteiger partial charge in [-0.15, -0.1) is 0 Å². The van der Waals surface area contributed by atoms with Crippen molar-refractivity contribution < 1.29 is 14.8 Å². The van der Waals surface area contributed by atoms with E-state index < -0.39 is 22.3 Å². The monoisotopic (exact) mass is 343 g/mol. The summed E-state index contributed by atoms with van der Waals surface area (Å²) in [5.41, 5.74) is 6.02. The van der Waals surface area contributed by atoms with Gasteiger partial charge in [0.2, 0.25) is 0 Å². The number of carboxylic acid groups (broad SMARTS) is 1. The van der Waals surface area contributed by atoms with Crippen molar-refractivity contribution in [3.05, 3.63) is 32.3 Å². The van der Waals surface area contributed by atoms with Crippen LogP contribution >= 0.6 is 15.9 Å². The molecule has 0 saturated heterocycles. The molecule has 8 heteroatoms. The fourth-order valence-corrected chi connectivity index (χ4v) is 3.10. The molecule has 1 aromatic carbocycles. The zero-order valence-electron chi connectivity index (χ0n) is 10.7. The highest BCUT2D eigenvalue weighted by atomic mass is 79.9. The standard InChI is InChI=1S/C12H14BrN3O4/c1-12(4-7(14)11(17)18)5-15-8-3-2-6(13)10(9(8)12)16(19)20/h2-3,7,15H,4-5,14H2,1H3,(H,17,18)/t7-,12?/m0/s1. The normalized spacial score (nSPS) is 21.9. The molecular formula is C12H14BrN3O4. The van der Waals surface area contributed by atoms with Gasteiger partial charge in [-0.05, 0) is 34.5 Å². The number of nitro groups is 1. The number of benzene rings is 1. The third-order valence-corrected chi connectivity index (χ3v) is 4.21. The average Bonchev–Trinajstić information content (AvgIpc) is 2.66. The van der Waals surface area contributed by atoms with E-state index in [1.807, 2.05) is 0 Å². The summed E-state index contributed by atoms with van der Waals surface area (Å²) in [5.74, 6) is -1.11. The number of hydrogen-bond donors (Lipinski definition) is 3. The van der Waals surface area contributed by atoms with Crippen LogP contribution in [0.2, 0.25) is 0 Å². The fourth-order valence-electron chi connectivity index (χ4n) is 2.63. The van der Waals surface area contributed by atoms with Gasteiger partial charge in [0.15, 0.2) is 0 Å². The number of rotatable bonds is 4. The third kappa shape index (κ3) is 2.36. The summed E-state index contributed by atoms with van der Waals surface area (Å²) in [6.07, 6.45) is 0.125. The molecule has 7 nitrogen and oxygen atoms in total. The van der Waals surface area contributed by atoms with Crippen LogP contribution in [0.1, 0.15) is 18.9 Å². The molecule has 1 aromatic rings. The molecule has 4 N–H and O–H groups in total. The molecular weight excluding hydrogens is 330 g/mol. The molecule has 0 fully saturated rings. The van der Waals surface area contributed by atoms with E-state index in [-0.39, 0.29) is 12.1 Å². The van der Waals surface area contributed by atoms with Crippen LogP contribution in [0, 0.1) is 10.1 Å². The predicted molar refractivity (Wildman–Crippen MR) is 76.9 cm³/mol. The number of nitro benzene ring substituents is 1. The highest BCUT2D eigenvalue weighted by molar-refractivity contribution is 9.10. The van der Waals surface area contributed by atoms with Gasteiger partial charge in [-0.2, -0.15) is 0 Å². The lowest BCUT2D eigenvalue weighted by molar-refractivity contribution is -0.386. The number of anilines is 1. The number of nitrogens with zero attached hydrogens (tertiary/aromatic N) is 1. The summed E-state index contributed by atoms with van der Waals surface area (Å²) < 4.78 is 0.375. The summed E-state index contributed by atoms with van der Waals surface area (Å²) in [5, 5.41) is 23.3. The number of nitrogens with one attached hydrogen (secondary N) is 1. The third-order valence-electron chi connectivity index (χ3n) is 3.57. The maximum Gasteiger partial charge on any atom is 0.320 e. The molecule has 0 radical (unpaired) electrons. The molecule has 1 aliphatic rings. The van der Waals surface area contributed by atoms with E-state index in [1.54, 1.807) is 19.1 Å². The van der Waals surface area contributed by atoms with E-state index in [0.717, 1.165) is 0 Å². The second-order valence-corrected chi connectivity index (χ2v) is 5.99. The fraction of sp³-hybridized carbons (Fsp3) is 0.417. The van der Waals surface area contributed by atoms with Crippen molar-refractivity contribution in [2.45, 2.75) is 24.8 Å². The Morgan fingerprint density at radius 1 is 1.70 bits per heavy atom. The van der Waals surface area contributed by atoms with Crippen molar-refractivity contribution >= 4 is 33.3 Å². The molecule has 0 saturated carbocycles. The molecule has 0 amide bonds. The molecule has 0 bridgehead atoms. The Morgan fingerprint density at radius 3 is 2.90 bits per heavy atom. The minimum atomic E-state index is -1.11. The molecule has 1 aliphatic heterocycles. The number of carbonyl (C=O) groups is 1. The Morgan fingerprint density at radius 2 is 2.35 bits per heavy atom. The SMILES string of the molecule is CC1(C[C@H](N)C(=O)O)CNc2ccc(Br)c([N+](=O)[O-])c21. The zero-order chi connectivity index (χ0) is 15.1. The second-order valence-electron chi connectivity index (χ2n) is 5.14. The van der Waals surface area contributed by atoms with Gasteiger partial charge in [0, 0.05) is 17.6 Å². The van der Waals surface area contributed by atoms with Gasteiger partial charge < -0.3 is 16.2 Å². The first-order valence-electron chi connectivity index (χ1n) is 5.96. The minimum absolute atomic E-state index is 0.0346. The van der Waals surface area contributed by atoms with Crippen molar-refractivity contribution in [2.24, 2.45) is 5.73 Å². The quantitative estimate of drug-likeness (QED) is 0.567. The van der Waals surface area contributed by atoms with E-state index in [9.17, 15) is 14.9 Å². The number of aliphatic carboxylic acids is 1. The van der Waals surface area contributed by atoms with Crippen molar-refractivity contribution in [3.63, 3.8) is 0 Å². The molecule has 0 aromatic heterocycles. The molecule has 2 atom stereocenters. The van der Waals surface area contributed by atoms with Crippen LogP contribution in [0.5, 0.6) is 0 Å². The zero-order valence-corrected chi connectivity index (χ0v) is 12.3. The maximum absolute atomic E-state index is 11.3. The van der Waals surface area contributed by atoms with E-state index in [1.165, 1.54) is 0 Å². The predicted octanol–water partition coefficient (Wildman–Crippen LogP) is 1.84. The van der Waals surface area contributed by atoms with Crippen molar-refractivity contribution in [1.29, 1.82) is 0 Å². The first kappa shape index (κ1) is 14.7. The Kier molecular flexibility index (Phi) is 3.70. The second kappa shape index (κ2) is 5.02. The van der Waals surface area contributed by atoms with E-state index in [2.05, 4.69) is 21.2 Å². The minimum Gasteiger partial charge on any atom is -0.480 e. The van der Waals surface area contributed by atoms with Crippen molar-refractivity contribution in [3.8, 4) is 0 Å². The Balaban J connectivity index is 2.52. The lowest BCUT2D eigenvalue weighted by Crippen LogP contribution is -2.39. The first-order chi connectivity index (χ1) is 9.26. The molecule has 108 valence electrons. The number of carboxylic acids is 1. The van der Waals surface area contributed by atoms with Gasteiger partial charge in [-0.3, -0.25) is 14.9 Å². The molecule has 1 heterocycles. The van der Waals surface area contributed by atoms with Crippen LogP contribution in [-0.2, 0) is 10.2 Å². The number of nitrogens with two attached hydrogens (primary N) is 1. The number of hydrogen-bond acceptors (Lipinski definition) is 5. The maximum atomic E-state index is 11.3. The van der Waals surface area contributed by atoms with Crippen molar-refractivity contribution in [1.82, 2.24) is 0 Å². The molecule has 2 rings (SSSR count). The van der Waals surface area contributed by atoms with E-state index >= 15 is 0 Å². The summed E-state index contributed by atoms with van der Waals surface area (Å²) in [4.78, 5) is 21.8. The van der Waals surface area contributed by atoms with Gasteiger partial charge in [0.05, 0.1) is 15.0 Å². The summed E-state index contributed by atoms with van der Waals surface area (Å²) in [6.45, 7) is 2.20. The van der Waals surface area contributed by atoms with Crippen LogP contribution in [0.15, 0.2) is 16.6 Å². The van der Waals surface area contributed by atoms with Gasteiger partial charge in [-0.1, -0.05) is 6.92 Å². The molecule has 0 aliphatic carbocycles. The van der Waals surface area contributed by atoms with Gasteiger partial charge in [0.25, 0.3) is 5.69 Å². The largest absolute Gasteiger partial charge is 0.480 e. The average molecular weight is 344 g/mol. The summed E-state index contributed by atoms with van der Waals surface area (Å²) >= 11 is 3.18. The summed E-state index contributed by atoms with van der Waals surface area (Å²) in [6, 6.07) is 2.28. The number of fused-ring (bicyclic) bond motifs is 1. The molecule has 20 heavy (non-hydrogen) atoms. The van der Waals surface area contributed by atoms with E-state index in [0.29, 0.717) is 22.3 Å². The summed E-state index contributed by atoms with van der Waals surface area (Å²) in [7, 11) is 0. The van der Waals surface area contributed by atoms with Gasteiger partial charge >= 0.3 is 5.97 Å². The first-order valence-corrected chi connectivity index (χ1v) is 6.75. The van der Waals surface area contributed by atoms with Gasteiger partial charge in [0.1, 0.15) is 6.04 Å². The number of halogens is 1. The van der Waals surface area contributed by atoms with Crippen LogP contribution in [0.3, 0.4) is 0 Å². The van der Waals surface area contributed by atoms with Crippen LogP contribution in [0.25, 0.3) is 0 Å². The van der Waals surface area contributed by atoms with Crippen LogP contribution < -0.4 is 11.1 Å². The highest BCUT2D eigenvalue weighted by Gasteiger charge is 2.43. The van der Waals surface area contributed by atoms with E-state index in [4.69, 9.17) is 10.8 Å². The Bertz CT molecular complexity index is 592. The van der Waals surface area contributed by atoms with Crippen LogP contribution in [-0.4, -0.2) is 28.6 Å². The highest BCUT2D eigenvalue weighted by Crippen LogP contribution is 2.47. The molecule has 0 spiro atoms. The Hall–Kier alpha value is -1.67. The van der Waals surface area contributed by atoms with Crippen molar-refractivity contribution in [2.75, 3.05) is 11.9 Å². The van der Waals surface area contributed by atoms with Crippen LogP contribution in [0.4, 0.5) is 11.4 Å². The molecule has 1 unspecified atom stereocenters. The smallest absolute Gasteiger partial charge is 0.320 e. The lowest BCUT2D eigenvalue weighted by Gasteiger charge is -2.25. The Labute approximate surface area is 123 Å².